The van der Waals surface area contributed by atoms with Crippen molar-refractivity contribution in [2.24, 2.45) is 0 Å². The first kappa shape index (κ1) is 27.4. The highest BCUT2D eigenvalue weighted by Crippen LogP contribution is 2.49. The normalized spacial score (nSPS) is 20.4. The first-order valence-corrected chi connectivity index (χ1v) is 16.5. The number of para-hydroxylation sites is 1. The molecule has 5 heteroatoms. The summed E-state index contributed by atoms with van der Waals surface area (Å²) in [5.74, 6) is 0. The molecule has 2 aliphatic rings. The van der Waals surface area contributed by atoms with Crippen LogP contribution in [0.25, 0.3) is 47.7 Å². The van der Waals surface area contributed by atoms with Gasteiger partial charge in [-0.3, -0.25) is 0 Å². The van der Waals surface area contributed by atoms with Gasteiger partial charge in [0.1, 0.15) is 0 Å². The second-order valence-corrected chi connectivity index (χ2v) is 16.2. The van der Waals surface area contributed by atoms with E-state index in [1.54, 1.807) is 0 Å². The third-order valence-corrected chi connectivity index (χ3v) is 12.0. The maximum atomic E-state index is 6.51. The first-order valence-electron chi connectivity index (χ1n) is 15.7. The molecule has 1 fully saturated rings. The van der Waals surface area contributed by atoms with Crippen LogP contribution in [0.2, 0.25) is 0 Å². The smallest absolute Gasteiger partial charge is 0.399 e. The van der Waals surface area contributed by atoms with Gasteiger partial charge in [-0.25, -0.2) is 0 Å². The van der Waals surface area contributed by atoms with E-state index in [0.29, 0.717) is 0 Å². The Morgan fingerprint density at radius 1 is 0.628 bits per heavy atom. The van der Waals surface area contributed by atoms with Crippen molar-refractivity contribution >= 4 is 65.9 Å². The van der Waals surface area contributed by atoms with E-state index in [4.69, 9.17) is 9.31 Å². The molecule has 0 amide bonds. The molecule has 4 aromatic carbocycles. The minimum atomic E-state index is -0.387. The van der Waals surface area contributed by atoms with Gasteiger partial charge in [0.15, 0.2) is 0 Å². The van der Waals surface area contributed by atoms with E-state index in [-0.39, 0.29) is 29.2 Å². The predicted molar refractivity (Wildman–Crippen MR) is 185 cm³/mol. The van der Waals surface area contributed by atoms with Crippen LogP contribution in [0.3, 0.4) is 0 Å². The van der Waals surface area contributed by atoms with Crippen molar-refractivity contribution in [3.8, 4) is 5.69 Å². The van der Waals surface area contributed by atoms with Crippen LogP contribution in [0.5, 0.6) is 0 Å². The number of nitrogens with zero attached hydrogens (tertiary/aromatic N) is 1. The number of thiophene rings is 1. The average molecular weight is 586 g/mol. The van der Waals surface area contributed by atoms with Gasteiger partial charge in [0.25, 0.3) is 0 Å². The zero-order valence-corrected chi connectivity index (χ0v) is 27.4. The van der Waals surface area contributed by atoms with Gasteiger partial charge in [-0.1, -0.05) is 64.1 Å². The summed E-state index contributed by atoms with van der Waals surface area (Å²) in [4.78, 5) is 0. The highest BCUT2D eigenvalue weighted by Gasteiger charge is 2.52. The summed E-state index contributed by atoms with van der Waals surface area (Å²) in [6.07, 6.45) is 2.42. The number of hydrogen-bond donors (Lipinski definition) is 0. The van der Waals surface area contributed by atoms with Crippen LogP contribution in [-0.2, 0) is 20.1 Å². The molecule has 0 radical (unpaired) electrons. The molecule has 218 valence electrons. The van der Waals surface area contributed by atoms with Crippen molar-refractivity contribution < 1.29 is 9.31 Å². The maximum absolute atomic E-state index is 6.51. The van der Waals surface area contributed by atoms with Crippen molar-refractivity contribution in [2.75, 3.05) is 0 Å². The lowest BCUT2D eigenvalue weighted by Gasteiger charge is -2.42. The van der Waals surface area contributed by atoms with E-state index in [9.17, 15) is 0 Å². The minimum absolute atomic E-state index is 0.152. The number of aromatic nitrogens is 1. The topological polar surface area (TPSA) is 23.4 Å². The van der Waals surface area contributed by atoms with E-state index < -0.39 is 0 Å². The minimum Gasteiger partial charge on any atom is -0.399 e. The Labute approximate surface area is 258 Å². The fourth-order valence-electron chi connectivity index (χ4n) is 7.45. The standard InChI is InChI=1S/C38H40BNO2S/c1-35(2)18-19-36(3,4)28-22-31-26(21-27(28)35)24-12-9-10-14-30(24)40(31)23-16-17-25-33(20-23)43-32-15-11-13-29(34(25)32)39-41-37(5,6)38(7,8)42-39/h9-17,20-22H,18-19H2,1-8H3. The molecular formula is C38H40BNO2S. The van der Waals surface area contributed by atoms with Gasteiger partial charge in [-0.2, -0.15) is 0 Å². The van der Waals surface area contributed by atoms with E-state index >= 15 is 0 Å². The molecule has 2 aromatic heterocycles. The van der Waals surface area contributed by atoms with Crippen LogP contribution in [0.4, 0.5) is 0 Å². The molecule has 8 rings (SSSR count). The summed E-state index contributed by atoms with van der Waals surface area (Å²) >= 11 is 1.85. The second kappa shape index (κ2) is 8.75. The summed E-state index contributed by atoms with van der Waals surface area (Å²) in [6.45, 7) is 18.2. The molecule has 0 saturated carbocycles. The molecule has 43 heavy (non-hydrogen) atoms. The van der Waals surface area contributed by atoms with Gasteiger partial charge in [-0.05, 0) is 104 Å². The molecule has 1 aliphatic carbocycles. The summed E-state index contributed by atoms with van der Waals surface area (Å²) in [5, 5.41) is 5.17. The number of fused-ring (bicyclic) bond motifs is 7. The van der Waals surface area contributed by atoms with Gasteiger partial charge in [0.05, 0.1) is 22.2 Å². The molecule has 0 bridgehead atoms. The van der Waals surface area contributed by atoms with Crippen molar-refractivity contribution in [3.05, 3.63) is 83.9 Å². The Morgan fingerprint density at radius 2 is 1.30 bits per heavy atom. The van der Waals surface area contributed by atoms with Gasteiger partial charge >= 0.3 is 7.12 Å². The van der Waals surface area contributed by atoms with Gasteiger partial charge in [0.2, 0.25) is 0 Å². The van der Waals surface area contributed by atoms with E-state index in [1.807, 2.05) is 11.3 Å². The monoisotopic (exact) mass is 585 g/mol. The molecule has 0 unspecified atom stereocenters. The van der Waals surface area contributed by atoms with Crippen LogP contribution >= 0.6 is 11.3 Å². The molecule has 0 atom stereocenters. The van der Waals surface area contributed by atoms with E-state index in [1.165, 1.54) is 71.6 Å². The van der Waals surface area contributed by atoms with Gasteiger partial charge < -0.3 is 13.9 Å². The zero-order valence-electron chi connectivity index (χ0n) is 26.6. The lowest BCUT2D eigenvalue weighted by atomic mass is 9.63. The van der Waals surface area contributed by atoms with E-state index in [0.717, 1.165) is 5.46 Å². The summed E-state index contributed by atoms with van der Waals surface area (Å²) in [6, 6.07) is 27.5. The van der Waals surface area contributed by atoms with Crippen LogP contribution in [0.15, 0.2) is 72.8 Å². The Morgan fingerprint density at radius 3 is 2.02 bits per heavy atom. The van der Waals surface area contributed by atoms with Crippen LogP contribution in [0.1, 0.15) is 79.4 Å². The van der Waals surface area contributed by atoms with Crippen molar-refractivity contribution in [2.45, 2.75) is 90.3 Å². The summed E-state index contributed by atoms with van der Waals surface area (Å²) in [7, 11) is -0.387. The Balaban J connectivity index is 1.35. The third-order valence-electron chi connectivity index (χ3n) is 10.9. The lowest BCUT2D eigenvalue weighted by Crippen LogP contribution is -2.41. The van der Waals surface area contributed by atoms with Gasteiger partial charge in [-0.15, -0.1) is 11.3 Å². The highest BCUT2D eigenvalue weighted by molar-refractivity contribution is 7.26. The molecule has 3 heterocycles. The third kappa shape index (κ3) is 3.87. The number of benzene rings is 4. The summed E-state index contributed by atoms with van der Waals surface area (Å²) in [5.41, 5.74) is 7.45. The molecule has 6 aromatic rings. The van der Waals surface area contributed by atoms with Crippen LogP contribution < -0.4 is 5.46 Å². The van der Waals surface area contributed by atoms with Crippen molar-refractivity contribution in [1.82, 2.24) is 4.57 Å². The first-order chi connectivity index (χ1) is 20.3. The summed E-state index contributed by atoms with van der Waals surface area (Å²) < 4.78 is 18.1. The van der Waals surface area contributed by atoms with Crippen molar-refractivity contribution in [3.63, 3.8) is 0 Å². The Hall–Kier alpha value is -3.12. The zero-order chi connectivity index (χ0) is 30.1. The maximum Gasteiger partial charge on any atom is 0.495 e. The van der Waals surface area contributed by atoms with Crippen LogP contribution in [-0.4, -0.2) is 22.9 Å². The Bertz CT molecular complexity index is 2100. The lowest BCUT2D eigenvalue weighted by molar-refractivity contribution is 0.00578. The number of hydrogen-bond acceptors (Lipinski definition) is 3. The SMILES string of the molecule is CC1(C)CCC(C)(C)c2cc3c(cc21)c1ccccc1n3-c1ccc2c(c1)sc1cccc(B3OC(C)(C)C(C)(C)O3)c12. The van der Waals surface area contributed by atoms with E-state index in [2.05, 4.69) is 133 Å². The second-order valence-electron chi connectivity index (χ2n) is 15.1. The van der Waals surface area contributed by atoms with Gasteiger partial charge in [0, 0.05) is 36.6 Å². The van der Waals surface area contributed by atoms with Crippen molar-refractivity contribution in [1.29, 1.82) is 0 Å². The molecule has 0 N–H and O–H groups in total. The molecule has 1 aliphatic heterocycles. The largest absolute Gasteiger partial charge is 0.495 e. The fourth-order valence-corrected chi connectivity index (χ4v) is 8.63. The number of rotatable bonds is 2. The average Bonchev–Trinajstić information content (AvgIpc) is 3.56. The Kier molecular flexibility index (Phi) is 5.58. The molecule has 0 spiro atoms. The highest BCUT2D eigenvalue weighted by atomic mass is 32.1. The fraction of sp³-hybridized carbons (Fsp3) is 0.368. The quantitative estimate of drug-likeness (QED) is 0.189. The molecule has 1 saturated heterocycles. The molecular weight excluding hydrogens is 545 g/mol. The predicted octanol–water partition coefficient (Wildman–Crippen LogP) is 9.80. The molecule has 3 nitrogen and oxygen atoms in total. The van der Waals surface area contributed by atoms with Crippen LogP contribution in [0, 0.1) is 0 Å².